The normalized spacial score (nSPS) is 12.3. The summed E-state index contributed by atoms with van der Waals surface area (Å²) in [6, 6.07) is 10.9. The maximum Gasteiger partial charge on any atom is 0.274 e. The van der Waals surface area contributed by atoms with Crippen LogP contribution in [0.25, 0.3) is 11.3 Å². The molecule has 0 fully saturated rings. The molecule has 0 bridgehead atoms. The van der Waals surface area contributed by atoms with E-state index in [-0.39, 0.29) is 23.6 Å². The molecule has 2 aromatic heterocycles. The molecule has 1 atom stereocenters. The van der Waals surface area contributed by atoms with Crippen molar-refractivity contribution >= 4 is 5.91 Å². The van der Waals surface area contributed by atoms with E-state index < -0.39 is 0 Å². The van der Waals surface area contributed by atoms with Crippen LogP contribution in [0.15, 0.2) is 47.2 Å². The minimum Gasteiger partial charge on any atom is -0.355 e. The van der Waals surface area contributed by atoms with Gasteiger partial charge in [0.15, 0.2) is 11.5 Å². The largest absolute Gasteiger partial charge is 0.355 e. The van der Waals surface area contributed by atoms with E-state index in [1.807, 2.05) is 44.2 Å². The molecule has 1 N–H and O–H groups in total. The fourth-order valence-corrected chi connectivity index (χ4v) is 2.45. The van der Waals surface area contributed by atoms with Crippen LogP contribution in [0, 0.1) is 5.92 Å². The molecule has 0 aliphatic carbocycles. The Kier molecular flexibility index (Phi) is 4.41. The van der Waals surface area contributed by atoms with Crippen molar-refractivity contribution in [2.75, 3.05) is 0 Å². The summed E-state index contributed by atoms with van der Waals surface area (Å²) in [7, 11) is 1.80. The molecule has 1 amide bonds. The fourth-order valence-electron chi connectivity index (χ4n) is 2.45. The highest BCUT2D eigenvalue weighted by Crippen LogP contribution is 2.22. The van der Waals surface area contributed by atoms with Crippen molar-refractivity contribution in [3.8, 4) is 11.3 Å². The smallest absolute Gasteiger partial charge is 0.274 e. The van der Waals surface area contributed by atoms with Crippen LogP contribution in [-0.4, -0.2) is 25.8 Å². The molecule has 0 radical (unpaired) electrons. The zero-order valence-corrected chi connectivity index (χ0v) is 13.8. The molecule has 0 aliphatic rings. The minimum absolute atomic E-state index is 0.150. The van der Waals surface area contributed by atoms with Gasteiger partial charge < -0.3 is 9.84 Å². The third kappa shape index (κ3) is 3.19. The predicted molar refractivity (Wildman–Crippen MR) is 88.0 cm³/mol. The summed E-state index contributed by atoms with van der Waals surface area (Å²) in [5, 5.41) is 10.9. The molecule has 1 aromatic carbocycles. The second kappa shape index (κ2) is 6.66. The van der Waals surface area contributed by atoms with Crippen LogP contribution in [0.2, 0.25) is 0 Å². The number of rotatable bonds is 5. The van der Waals surface area contributed by atoms with Crippen molar-refractivity contribution in [2.24, 2.45) is 13.0 Å². The Hall–Kier alpha value is -2.96. The fraction of sp³-hybridized carbons (Fsp3) is 0.294. The van der Waals surface area contributed by atoms with Gasteiger partial charge in [0.05, 0.1) is 6.04 Å². The highest BCUT2D eigenvalue weighted by molar-refractivity contribution is 5.93. The van der Waals surface area contributed by atoms with Gasteiger partial charge in [0.25, 0.3) is 5.91 Å². The summed E-state index contributed by atoms with van der Waals surface area (Å²) >= 11 is 0. The van der Waals surface area contributed by atoms with Crippen LogP contribution < -0.4 is 5.32 Å². The van der Waals surface area contributed by atoms with Crippen LogP contribution in [-0.2, 0) is 7.05 Å². The Morgan fingerprint density at radius 1 is 1.25 bits per heavy atom. The molecular formula is C17H19N5O2. The number of nitrogens with zero attached hydrogens (tertiary/aromatic N) is 4. The van der Waals surface area contributed by atoms with E-state index in [0.29, 0.717) is 11.6 Å². The number of carbonyl (C=O) groups is 1. The summed E-state index contributed by atoms with van der Waals surface area (Å²) in [4.78, 5) is 16.7. The number of hydrogen-bond donors (Lipinski definition) is 1. The van der Waals surface area contributed by atoms with Crippen LogP contribution in [0.4, 0.5) is 0 Å². The molecule has 0 spiro atoms. The highest BCUT2D eigenvalue weighted by atomic mass is 16.5. The van der Waals surface area contributed by atoms with Crippen molar-refractivity contribution < 1.29 is 9.32 Å². The second-order valence-electron chi connectivity index (χ2n) is 5.88. The first-order valence-electron chi connectivity index (χ1n) is 7.73. The predicted octanol–water partition coefficient (Wildman–Crippen LogP) is 2.60. The molecule has 2 heterocycles. The van der Waals surface area contributed by atoms with Crippen molar-refractivity contribution in [1.29, 1.82) is 0 Å². The first-order chi connectivity index (χ1) is 11.6. The van der Waals surface area contributed by atoms with E-state index >= 15 is 0 Å². The van der Waals surface area contributed by atoms with Crippen molar-refractivity contribution in [2.45, 2.75) is 19.9 Å². The number of aryl methyl sites for hydroxylation is 1. The summed E-state index contributed by atoms with van der Waals surface area (Å²) in [5.74, 6) is 1.10. The lowest BCUT2D eigenvalue weighted by Crippen LogP contribution is -2.33. The number of amides is 1. The Balaban J connectivity index is 1.79. The molecule has 1 unspecified atom stereocenters. The van der Waals surface area contributed by atoms with E-state index in [1.54, 1.807) is 17.8 Å². The number of nitrogens with one attached hydrogen (secondary N) is 1. The third-order valence-electron chi connectivity index (χ3n) is 3.78. The van der Waals surface area contributed by atoms with Gasteiger partial charge in [0.2, 0.25) is 0 Å². The molecule has 7 nitrogen and oxygen atoms in total. The van der Waals surface area contributed by atoms with Crippen LogP contribution in [0.1, 0.15) is 36.2 Å². The zero-order chi connectivity index (χ0) is 17.1. The molecule has 0 saturated carbocycles. The number of carbonyl (C=O) groups excluding carboxylic acids is 1. The summed E-state index contributed by atoms with van der Waals surface area (Å²) in [5.41, 5.74) is 1.11. The van der Waals surface area contributed by atoms with E-state index in [2.05, 4.69) is 20.6 Å². The van der Waals surface area contributed by atoms with Gasteiger partial charge in [0.1, 0.15) is 12.2 Å². The van der Waals surface area contributed by atoms with E-state index in [9.17, 15) is 4.79 Å². The SMILES string of the molecule is CC(C)C(NC(=O)c1cc(-c2ccccc2)on1)c1ncnn1C. The van der Waals surface area contributed by atoms with Crippen LogP contribution >= 0.6 is 0 Å². The lowest BCUT2D eigenvalue weighted by molar-refractivity contribution is 0.0913. The Morgan fingerprint density at radius 2 is 2.00 bits per heavy atom. The van der Waals surface area contributed by atoms with Gasteiger partial charge in [-0.1, -0.05) is 49.3 Å². The topological polar surface area (TPSA) is 85.8 Å². The van der Waals surface area contributed by atoms with Gasteiger partial charge in [-0.05, 0) is 5.92 Å². The van der Waals surface area contributed by atoms with Crippen molar-refractivity contribution in [3.05, 3.63) is 54.2 Å². The van der Waals surface area contributed by atoms with Gasteiger partial charge in [-0.15, -0.1) is 0 Å². The van der Waals surface area contributed by atoms with Crippen LogP contribution in [0.3, 0.4) is 0 Å². The Morgan fingerprint density at radius 3 is 2.62 bits per heavy atom. The minimum atomic E-state index is -0.303. The van der Waals surface area contributed by atoms with Crippen molar-refractivity contribution in [3.63, 3.8) is 0 Å². The van der Waals surface area contributed by atoms with Gasteiger partial charge in [0, 0.05) is 18.7 Å². The van der Waals surface area contributed by atoms with Crippen molar-refractivity contribution in [1.82, 2.24) is 25.2 Å². The first-order valence-corrected chi connectivity index (χ1v) is 7.73. The quantitative estimate of drug-likeness (QED) is 0.779. The van der Waals surface area contributed by atoms with E-state index in [0.717, 1.165) is 5.56 Å². The summed E-state index contributed by atoms with van der Waals surface area (Å²) < 4.78 is 6.94. The Labute approximate surface area is 139 Å². The lowest BCUT2D eigenvalue weighted by atomic mass is 10.0. The average molecular weight is 325 g/mol. The number of hydrogen-bond acceptors (Lipinski definition) is 5. The molecular weight excluding hydrogens is 306 g/mol. The first kappa shape index (κ1) is 15.9. The van der Waals surface area contributed by atoms with Gasteiger partial charge >= 0.3 is 0 Å². The summed E-state index contributed by atoms with van der Waals surface area (Å²) in [6.45, 7) is 4.02. The number of benzene rings is 1. The standard InChI is InChI=1S/C17H19N5O2/c1-11(2)15(16-18-10-19-22(16)3)20-17(23)13-9-14(24-21-13)12-7-5-4-6-8-12/h4-11,15H,1-3H3,(H,20,23). The Bertz CT molecular complexity index is 822. The van der Waals surface area contributed by atoms with Gasteiger partial charge in [-0.3, -0.25) is 9.48 Å². The molecule has 0 aliphatic heterocycles. The average Bonchev–Trinajstić information content (AvgIpc) is 3.22. The molecule has 124 valence electrons. The zero-order valence-electron chi connectivity index (χ0n) is 13.8. The lowest BCUT2D eigenvalue weighted by Gasteiger charge is -2.20. The molecule has 3 aromatic rings. The highest BCUT2D eigenvalue weighted by Gasteiger charge is 2.24. The van der Waals surface area contributed by atoms with Gasteiger partial charge in [-0.25, -0.2) is 4.98 Å². The van der Waals surface area contributed by atoms with E-state index in [1.165, 1.54) is 6.33 Å². The summed E-state index contributed by atoms with van der Waals surface area (Å²) in [6.07, 6.45) is 1.47. The maximum absolute atomic E-state index is 12.5. The van der Waals surface area contributed by atoms with Gasteiger partial charge in [-0.2, -0.15) is 5.10 Å². The monoisotopic (exact) mass is 325 g/mol. The molecule has 7 heteroatoms. The third-order valence-corrected chi connectivity index (χ3v) is 3.78. The van der Waals surface area contributed by atoms with Crippen LogP contribution in [0.5, 0.6) is 0 Å². The van der Waals surface area contributed by atoms with E-state index in [4.69, 9.17) is 4.52 Å². The molecule has 24 heavy (non-hydrogen) atoms. The molecule has 0 saturated heterocycles. The second-order valence-corrected chi connectivity index (χ2v) is 5.88. The maximum atomic E-state index is 12.5. The molecule has 3 rings (SSSR count). The number of aromatic nitrogens is 4.